The minimum absolute atomic E-state index is 0.203. The van der Waals surface area contributed by atoms with Gasteiger partial charge in [-0.05, 0) is 29.8 Å². The lowest BCUT2D eigenvalue weighted by Crippen LogP contribution is -2.47. The lowest BCUT2D eigenvalue weighted by molar-refractivity contribution is 0.0118. The SMILES string of the molecule is O=C(O[C@@H]1CS(=O)(=O)C[C@H]1N(Cc1ccccc1)C(=O)c1ccccc1)c1ccccc1. The van der Waals surface area contributed by atoms with Gasteiger partial charge >= 0.3 is 5.97 Å². The number of nitrogens with zero attached hydrogens (tertiary/aromatic N) is 1. The van der Waals surface area contributed by atoms with Crippen LogP contribution in [0.3, 0.4) is 0 Å². The van der Waals surface area contributed by atoms with Crippen LogP contribution < -0.4 is 0 Å². The van der Waals surface area contributed by atoms with Gasteiger partial charge in [0.25, 0.3) is 5.91 Å². The molecule has 3 aromatic rings. The Kier molecular flexibility index (Phi) is 6.37. The first-order valence-corrected chi connectivity index (χ1v) is 12.1. The fraction of sp³-hybridized carbons (Fsp3) is 0.200. The van der Waals surface area contributed by atoms with Crippen LogP contribution in [-0.4, -0.2) is 48.8 Å². The summed E-state index contributed by atoms with van der Waals surface area (Å²) in [6.07, 6.45) is -0.955. The van der Waals surface area contributed by atoms with E-state index in [2.05, 4.69) is 0 Å². The average Bonchev–Trinajstić information content (AvgIpc) is 3.12. The Morgan fingerprint density at radius 1 is 0.781 bits per heavy atom. The van der Waals surface area contributed by atoms with E-state index in [1.807, 2.05) is 36.4 Å². The summed E-state index contributed by atoms with van der Waals surface area (Å²) in [6, 6.07) is 25.7. The Morgan fingerprint density at radius 3 is 1.91 bits per heavy atom. The van der Waals surface area contributed by atoms with Gasteiger partial charge in [-0.25, -0.2) is 13.2 Å². The van der Waals surface area contributed by atoms with Crippen LogP contribution in [0.1, 0.15) is 26.3 Å². The highest BCUT2D eigenvalue weighted by Crippen LogP contribution is 2.26. The van der Waals surface area contributed by atoms with Crippen molar-refractivity contribution in [2.75, 3.05) is 11.5 Å². The Labute approximate surface area is 187 Å². The molecule has 0 N–H and O–H groups in total. The average molecular weight is 450 g/mol. The fourth-order valence-corrected chi connectivity index (χ4v) is 5.69. The van der Waals surface area contributed by atoms with Crippen molar-refractivity contribution in [3.8, 4) is 0 Å². The van der Waals surface area contributed by atoms with Crippen LogP contribution in [0.5, 0.6) is 0 Å². The number of rotatable bonds is 6. The van der Waals surface area contributed by atoms with Crippen LogP contribution in [0.15, 0.2) is 91.0 Å². The molecule has 0 spiro atoms. The predicted octanol–water partition coefficient (Wildman–Crippen LogP) is 3.35. The number of benzene rings is 3. The van der Waals surface area contributed by atoms with Crippen LogP contribution in [0, 0.1) is 0 Å². The summed E-state index contributed by atoms with van der Waals surface area (Å²) in [4.78, 5) is 27.6. The third kappa shape index (κ3) is 5.06. The number of esters is 1. The maximum Gasteiger partial charge on any atom is 0.338 e. The number of hydrogen-bond donors (Lipinski definition) is 0. The van der Waals surface area contributed by atoms with Crippen molar-refractivity contribution in [1.82, 2.24) is 4.90 Å². The van der Waals surface area contributed by atoms with E-state index >= 15 is 0 Å². The molecular weight excluding hydrogens is 426 g/mol. The Bertz CT molecular complexity index is 1180. The molecule has 0 saturated carbocycles. The number of carbonyl (C=O) groups is 2. The monoisotopic (exact) mass is 449 g/mol. The molecule has 6 nitrogen and oxygen atoms in total. The number of ether oxygens (including phenoxy) is 1. The summed E-state index contributed by atoms with van der Waals surface area (Å²) in [5.41, 5.74) is 1.63. The molecular formula is C25H23NO5S. The van der Waals surface area contributed by atoms with Crippen molar-refractivity contribution < 1.29 is 22.7 Å². The Hall–Kier alpha value is -3.45. The maximum absolute atomic E-state index is 13.4. The second-order valence-electron chi connectivity index (χ2n) is 7.74. The van der Waals surface area contributed by atoms with E-state index in [1.165, 1.54) is 4.90 Å². The molecule has 1 saturated heterocycles. The Balaban J connectivity index is 1.66. The molecule has 1 aliphatic heterocycles. The van der Waals surface area contributed by atoms with E-state index in [-0.39, 0.29) is 24.0 Å². The van der Waals surface area contributed by atoms with Gasteiger partial charge in [0.15, 0.2) is 9.84 Å². The third-order valence-corrected chi connectivity index (χ3v) is 7.10. The highest BCUT2D eigenvalue weighted by molar-refractivity contribution is 7.91. The summed E-state index contributed by atoms with van der Waals surface area (Å²) >= 11 is 0. The van der Waals surface area contributed by atoms with Gasteiger partial charge in [-0.2, -0.15) is 0 Å². The van der Waals surface area contributed by atoms with Crippen molar-refractivity contribution in [2.24, 2.45) is 0 Å². The zero-order valence-corrected chi connectivity index (χ0v) is 18.1. The molecule has 0 aliphatic carbocycles. The minimum Gasteiger partial charge on any atom is -0.455 e. The van der Waals surface area contributed by atoms with E-state index < -0.39 is 28.0 Å². The van der Waals surface area contributed by atoms with Crippen LogP contribution in [0.4, 0.5) is 0 Å². The third-order valence-electron chi connectivity index (χ3n) is 5.42. The van der Waals surface area contributed by atoms with E-state index in [9.17, 15) is 18.0 Å². The molecule has 1 aliphatic rings. The number of sulfone groups is 1. The lowest BCUT2D eigenvalue weighted by atomic mass is 10.1. The van der Waals surface area contributed by atoms with E-state index in [4.69, 9.17) is 4.74 Å². The summed E-state index contributed by atoms with van der Waals surface area (Å²) in [7, 11) is -3.50. The van der Waals surface area contributed by atoms with Crippen molar-refractivity contribution in [3.63, 3.8) is 0 Å². The zero-order valence-electron chi connectivity index (χ0n) is 17.3. The van der Waals surface area contributed by atoms with Gasteiger partial charge in [0.2, 0.25) is 0 Å². The van der Waals surface area contributed by atoms with Crippen molar-refractivity contribution in [2.45, 2.75) is 18.7 Å². The highest BCUT2D eigenvalue weighted by atomic mass is 32.2. The predicted molar refractivity (Wildman–Crippen MR) is 121 cm³/mol. The van der Waals surface area contributed by atoms with Gasteiger partial charge in [-0.1, -0.05) is 66.7 Å². The highest BCUT2D eigenvalue weighted by Gasteiger charge is 2.45. The molecule has 7 heteroatoms. The topological polar surface area (TPSA) is 80.8 Å². The van der Waals surface area contributed by atoms with Crippen LogP contribution in [0.2, 0.25) is 0 Å². The second kappa shape index (κ2) is 9.36. The quantitative estimate of drug-likeness (QED) is 0.539. The summed E-state index contributed by atoms with van der Waals surface area (Å²) in [5.74, 6) is -1.49. The zero-order chi connectivity index (χ0) is 22.6. The largest absolute Gasteiger partial charge is 0.455 e. The fourth-order valence-electron chi connectivity index (χ4n) is 3.85. The molecule has 1 amide bonds. The van der Waals surface area contributed by atoms with Crippen molar-refractivity contribution in [1.29, 1.82) is 0 Å². The molecule has 2 atom stereocenters. The van der Waals surface area contributed by atoms with Crippen LogP contribution in [-0.2, 0) is 21.1 Å². The summed E-state index contributed by atoms with van der Waals surface area (Å²) < 4.78 is 30.8. The summed E-state index contributed by atoms with van der Waals surface area (Å²) in [6.45, 7) is 0.203. The van der Waals surface area contributed by atoms with Gasteiger partial charge in [-0.15, -0.1) is 0 Å². The molecule has 1 fully saturated rings. The first-order chi connectivity index (χ1) is 15.4. The number of amides is 1. The minimum atomic E-state index is -3.50. The summed E-state index contributed by atoms with van der Waals surface area (Å²) in [5, 5.41) is 0. The smallest absolute Gasteiger partial charge is 0.338 e. The maximum atomic E-state index is 13.4. The van der Waals surface area contributed by atoms with Crippen LogP contribution in [0.25, 0.3) is 0 Å². The van der Waals surface area contributed by atoms with Gasteiger partial charge in [-0.3, -0.25) is 4.79 Å². The molecule has 0 unspecified atom stereocenters. The van der Waals surface area contributed by atoms with E-state index in [0.29, 0.717) is 11.1 Å². The van der Waals surface area contributed by atoms with Crippen LogP contribution >= 0.6 is 0 Å². The lowest BCUT2D eigenvalue weighted by Gasteiger charge is -2.32. The molecule has 3 aromatic carbocycles. The number of carbonyl (C=O) groups excluding carboxylic acids is 2. The second-order valence-corrected chi connectivity index (χ2v) is 9.89. The van der Waals surface area contributed by atoms with Gasteiger partial charge in [0.1, 0.15) is 6.10 Å². The van der Waals surface area contributed by atoms with Crippen molar-refractivity contribution in [3.05, 3.63) is 108 Å². The molecule has 0 aromatic heterocycles. The van der Waals surface area contributed by atoms with Gasteiger partial charge in [0, 0.05) is 12.1 Å². The Morgan fingerprint density at radius 2 is 1.31 bits per heavy atom. The molecule has 1 heterocycles. The number of hydrogen-bond acceptors (Lipinski definition) is 5. The molecule has 164 valence electrons. The normalized spacial score (nSPS) is 19.2. The van der Waals surface area contributed by atoms with Gasteiger partial charge < -0.3 is 9.64 Å². The first kappa shape index (κ1) is 21.8. The molecule has 0 bridgehead atoms. The molecule has 32 heavy (non-hydrogen) atoms. The standard InChI is InChI=1S/C25H23NO5S/c27-24(20-12-6-2-7-13-20)26(16-19-10-4-1-5-11-19)22-17-32(29,30)18-23(22)31-25(28)21-14-8-3-9-15-21/h1-15,22-23H,16-18H2/t22-,23-/m1/s1. The molecule has 4 rings (SSSR count). The van der Waals surface area contributed by atoms with Crippen molar-refractivity contribution >= 4 is 21.7 Å². The van der Waals surface area contributed by atoms with Gasteiger partial charge in [0.05, 0.1) is 23.1 Å². The van der Waals surface area contributed by atoms with E-state index in [1.54, 1.807) is 54.6 Å². The first-order valence-electron chi connectivity index (χ1n) is 10.3. The molecule has 0 radical (unpaired) electrons. The van der Waals surface area contributed by atoms with E-state index in [0.717, 1.165) is 5.56 Å².